The largest absolute Gasteiger partial charge is 0.340 e. The number of piperazine rings is 1. The molecule has 3 aliphatic rings. The number of benzene rings is 2. The number of hydrogen-bond acceptors (Lipinski definition) is 6. The fraction of sp³-hybridized carbons (Fsp3) is 0.375. The van der Waals surface area contributed by atoms with Crippen molar-refractivity contribution in [3.05, 3.63) is 69.7 Å². The summed E-state index contributed by atoms with van der Waals surface area (Å²) < 4.78 is 0. The highest BCUT2D eigenvalue weighted by Crippen LogP contribution is 2.29. The minimum absolute atomic E-state index is 0.310. The van der Waals surface area contributed by atoms with Crippen LogP contribution >= 0.6 is 23.2 Å². The average molecular weight is 501 g/mol. The summed E-state index contributed by atoms with van der Waals surface area (Å²) in [6, 6.07) is 14.6. The summed E-state index contributed by atoms with van der Waals surface area (Å²) in [7, 11) is 1.68. The molecular weight excluding hydrogens is 475 g/mol. The van der Waals surface area contributed by atoms with Crippen LogP contribution in [0.4, 0.5) is 4.79 Å². The van der Waals surface area contributed by atoms with Crippen molar-refractivity contribution in [2.75, 3.05) is 33.2 Å². The average Bonchev–Trinajstić information content (AvgIpc) is 3.21. The fourth-order valence-corrected chi connectivity index (χ4v) is 5.25. The Kier molecular flexibility index (Phi) is 6.38. The lowest BCUT2D eigenvalue weighted by molar-refractivity contribution is -0.127. The lowest BCUT2D eigenvalue weighted by Crippen LogP contribution is -2.64. The van der Waals surface area contributed by atoms with Gasteiger partial charge in [-0.3, -0.25) is 15.0 Å². The molecule has 178 valence electrons. The normalized spacial score (nSPS) is 23.1. The van der Waals surface area contributed by atoms with Crippen molar-refractivity contribution in [2.45, 2.75) is 25.3 Å². The molecule has 0 spiro atoms. The highest BCUT2D eigenvalue weighted by atomic mass is 35.5. The summed E-state index contributed by atoms with van der Waals surface area (Å²) in [5.41, 5.74) is 2.02. The van der Waals surface area contributed by atoms with Gasteiger partial charge in [-0.2, -0.15) is 0 Å². The van der Waals surface area contributed by atoms with Crippen LogP contribution in [0.1, 0.15) is 11.1 Å². The number of carbonyl (C=O) groups excluding carboxylic acids is 2. The Morgan fingerprint density at radius 2 is 1.62 bits per heavy atom. The molecule has 1 N–H and O–H groups in total. The minimum atomic E-state index is -0.558. The predicted octanol–water partition coefficient (Wildman–Crippen LogP) is 2.86. The Bertz CT molecular complexity index is 1100. The van der Waals surface area contributed by atoms with Gasteiger partial charge in [0.1, 0.15) is 0 Å². The van der Waals surface area contributed by atoms with Gasteiger partial charge in [-0.25, -0.2) is 9.79 Å². The molecule has 0 aromatic heterocycles. The van der Waals surface area contributed by atoms with E-state index in [0.717, 1.165) is 43.3 Å². The SMILES string of the molecule is CN1C(=O)NC(=O)C2C1N=C(N1CCN(Cc3c(Cl)cccc3Cl)CC1)N2Cc1ccccc1. The zero-order chi connectivity index (χ0) is 23.8. The molecule has 8 nitrogen and oxygen atoms in total. The molecule has 0 aliphatic carbocycles. The van der Waals surface area contributed by atoms with Crippen molar-refractivity contribution in [3.8, 4) is 0 Å². The van der Waals surface area contributed by atoms with E-state index in [9.17, 15) is 9.59 Å². The molecule has 3 heterocycles. The first kappa shape index (κ1) is 23.0. The first-order valence-corrected chi connectivity index (χ1v) is 12.0. The third-order valence-electron chi connectivity index (χ3n) is 6.63. The van der Waals surface area contributed by atoms with Gasteiger partial charge in [0.25, 0.3) is 5.91 Å². The van der Waals surface area contributed by atoms with Crippen LogP contribution in [0.25, 0.3) is 0 Å². The number of urea groups is 1. The summed E-state index contributed by atoms with van der Waals surface area (Å²) in [6.45, 7) is 4.30. The van der Waals surface area contributed by atoms with Gasteiger partial charge in [0.2, 0.25) is 0 Å². The number of likely N-dealkylation sites (N-methyl/N-ethyl adjacent to an activating group) is 1. The topological polar surface area (TPSA) is 71.5 Å². The van der Waals surface area contributed by atoms with Crippen LogP contribution in [-0.2, 0) is 17.9 Å². The summed E-state index contributed by atoms with van der Waals surface area (Å²) >= 11 is 12.7. The number of guanidine groups is 1. The number of aliphatic imine (C=N–C) groups is 1. The second-order valence-electron chi connectivity index (χ2n) is 8.77. The van der Waals surface area contributed by atoms with Crippen molar-refractivity contribution in [2.24, 2.45) is 4.99 Å². The predicted molar refractivity (Wildman–Crippen MR) is 132 cm³/mol. The van der Waals surface area contributed by atoms with Gasteiger partial charge in [0.15, 0.2) is 18.2 Å². The molecule has 10 heteroatoms. The van der Waals surface area contributed by atoms with E-state index >= 15 is 0 Å². The van der Waals surface area contributed by atoms with Crippen molar-refractivity contribution >= 4 is 41.1 Å². The number of fused-ring (bicyclic) bond motifs is 1. The van der Waals surface area contributed by atoms with Gasteiger partial charge in [0, 0.05) is 61.9 Å². The van der Waals surface area contributed by atoms with Crippen LogP contribution < -0.4 is 5.32 Å². The number of halogens is 2. The van der Waals surface area contributed by atoms with Crippen LogP contribution in [0.15, 0.2) is 53.5 Å². The third kappa shape index (κ3) is 4.33. The van der Waals surface area contributed by atoms with Crippen molar-refractivity contribution < 1.29 is 9.59 Å². The second-order valence-corrected chi connectivity index (χ2v) is 9.58. The van der Waals surface area contributed by atoms with E-state index in [2.05, 4.69) is 15.1 Å². The lowest BCUT2D eigenvalue weighted by Gasteiger charge is -2.40. The Hall–Kier alpha value is -2.81. The van der Waals surface area contributed by atoms with Crippen LogP contribution in [0.3, 0.4) is 0 Å². The molecule has 0 bridgehead atoms. The maximum absolute atomic E-state index is 12.9. The fourth-order valence-electron chi connectivity index (χ4n) is 4.74. The Balaban J connectivity index is 1.34. The van der Waals surface area contributed by atoms with Gasteiger partial charge in [-0.15, -0.1) is 0 Å². The monoisotopic (exact) mass is 500 g/mol. The van der Waals surface area contributed by atoms with Crippen molar-refractivity contribution in [1.82, 2.24) is 24.9 Å². The first-order chi connectivity index (χ1) is 16.4. The van der Waals surface area contributed by atoms with Crippen LogP contribution in [-0.4, -0.2) is 82.9 Å². The smallest absolute Gasteiger partial charge is 0.325 e. The standard InChI is InChI=1S/C24H26Cl2N6O2/c1-29-21-20(22(33)28-24(29)34)32(14-16-6-3-2-4-7-16)23(27-21)31-12-10-30(11-13-31)15-17-18(25)8-5-9-19(17)26/h2-9,20-21H,10-15H2,1H3,(H,28,33,34). The minimum Gasteiger partial charge on any atom is -0.340 e. The van der Waals surface area contributed by atoms with Gasteiger partial charge in [-0.1, -0.05) is 59.6 Å². The number of imide groups is 1. The Morgan fingerprint density at radius 1 is 0.941 bits per heavy atom. The van der Waals surface area contributed by atoms with Gasteiger partial charge >= 0.3 is 6.03 Å². The summed E-state index contributed by atoms with van der Waals surface area (Å²) in [4.78, 5) is 38.0. The number of rotatable bonds is 4. The molecular formula is C24H26Cl2N6O2. The number of nitrogens with zero attached hydrogens (tertiary/aromatic N) is 5. The van der Waals surface area contributed by atoms with Gasteiger partial charge in [-0.05, 0) is 17.7 Å². The van der Waals surface area contributed by atoms with E-state index in [1.54, 1.807) is 7.05 Å². The zero-order valence-electron chi connectivity index (χ0n) is 18.8. The summed E-state index contributed by atoms with van der Waals surface area (Å²) in [6.07, 6.45) is -0.542. The summed E-state index contributed by atoms with van der Waals surface area (Å²) in [5.74, 6) is 0.445. The molecule has 34 heavy (non-hydrogen) atoms. The van der Waals surface area contributed by atoms with Gasteiger partial charge in [0.05, 0.1) is 0 Å². The van der Waals surface area contributed by atoms with Gasteiger partial charge < -0.3 is 14.7 Å². The highest BCUT2D eigenvalue weighted by Gasteiger charge is 2.49. The molecule has 2 unspecified atom stereocenters. The molecule has 2 saturated heterocycles. The second kappa shape index (κ2) is 9.44. The molecule has 0 radical (unpaired) electrons. The van der Waals surface area contributed by atoms with E-state index in [0.29, 0.717) is 23.1 Å². The molecule has 2 aromatic rings. The maximum Gasteiger partial charge on any atom is 0.325 e. The Morgan fingerprint density at radius 3 is 2.29 bits per heavy atom. The van der Waals surface area contributed by atoms with Crippen LogP contribution in [0.2, 0.25) is 10.0 Å². The molecule has 2 fully saturated rings. The van der Waals surface area contributed by atoms with E-state index < -0.39 is 18.2 Å². The summed E-state index contributed by atoms with van der Waals surface area (Å²) in [5, 5.41) is 3.81. The quantitative estimate of drug-likeness (QED) is 0.698. The number of hydrogen-bond donors (Lipinski definition) is 1. The van der Waals surface area contributed by atoms with E-state index in [4.69, 9.17) is 28.2 Å². The first-order valence-electron chi connectivity index (χ1n) is 11.3. The zero-order valence-corrected chi connectivity index (χ0v) is 20.3. The maximum atomic E-state index is 12.9. The lowest BCUT2D eigenvalue weighted by atomic mass is 10.1. The highest BCUT2D eigenvalue weighted by molar-refractivity contribution is 6.35. The van der Waals surface area contributed by atoms with E-state index in [-0.39, 0.29) is 5.91 Å². The van der Waals surface area contributed by atoms with Crippen LogP contribution in [0, 0.1) is 0 Å². The number of carbonyl (C=O) groups is 2. The third-order valence-corrected chi connectivity index (χ3v) is 7.34. The number of amides is 3. The van der Waals surface area contributed by atoms with Crippen molar-refractivity contribution in [1.29, 1.82) is 0 Å². The molecule has 3 amide bonds. The molecule has 0 saturated carbocycles. The number of nitrogens with one attached hydrogen (secondary N) is 1. The molecule has 5 rings (SSSR count). The van der Waals surface area contributed by atoms with Crippen molar-refractivity contribution in [3.63, 3.8) is 0 Å². The van der Waals surface area contributed by atoms with E-state index in [1.807, 2.05) is 53.4 Å². The molecule has 3 aliphatic heterocycles. The molecule has 2 atom stereocenters. The van der Waals surface area contributed by atoms with Crippen LogP contribution in [0.5, 0.6) is 0 Å². The van der Waals surface area contributed by atoms with E-state index in [1.165, 1.54) is 4.90 Å². The molecule has 2 aromatic carbocycles. The Labute approximate surface area is 208 Å².